The molecular weight excluding hydrogens is 387 g/mol. The second kappa shape index (κ2) is 5.81. The van der Waals surface area contributed by atoms with Gasteiger partial charge in [0.25, 0.3) is 10.0 Å². The molecule has 0 saturated carbocycles. The molecule has 0 heterocycles. The van der Waals surface area contributed by atoms with Gasteiger partial charge in [-0.25, -0.2) is 8.42 Å². The van der Waals surface area contributed by atoms with E-state index in [2.05, 4.69) is 20.7 Å². The van der Waals surface area contributed by atoms with Crippen LogP contribution in [0.3, 0.4) is 0 Å². The predicted octanol–water partition coefficient (Wildman–Crippen LogP) is 4.14. The van der Waals surface area contributed by atoms with Gasteiger partial charge >= 0.3 is 0 Å². The molecule has 20 heavy (non-hydrogen) atoms. The molecule has 0 unspecified atom stereocenters. The average molecular weight is 396 g/mol. The Hall–Kier alpha value is -0.950. The topological polar surface area (TPSA) is 72.2 Å². The lowest BCUT2D eigenvalue weighted by atomic mass is 10.3. The van der Waals surface area contributed by atoms with E-state index in [4.69, 9.17) is 28.9 Å². The van der Waals surface area contributed by atoms with Crippen LogP contribution >= 0.6 is 39.1 Å². The number of hydrogen-bond donors (Lipinski definition) is 2. The maximum atomic E-state index is 12.3. The highest BCUT2D eigenvalue weighted by atomic mass is 79.9. The van der Waals surface area contributed by atoms with Gasteiger partial charge in [-0.15, -0.1) is 0 Å². The van der Waals surface area contributed by atoms with E-state index in [1.54, 1.807) is 18.2 Å². The van der Waals surface area contributed by atoms with Crippen molar-refractivity contribution in [3.63, 3.8) is 0 Å². The third-order valence-electron chi connectivity index (χ3n) is 2.37. The van der Waals surface area contributed by atoms with Gasteiger partial charge in [-0.3, -0.25) is 4.72 Å². The lowest BCUT2D eigenvalue weighted by molar-refractivity contribution is 0.601. The van der Waals surface area contributed by atoms with Gasteiger partial charge in [0.05, 0.1) is 15.7 Å². The average Bonchev–Trinajstić information content (AvgIpc) is 2.25. The van der Waals surface area contributed by atoms with Gasteiger partial charge in [0, 0.05) is 10.2 Å². The Labute approximate surface area is 135 Å². The first-order chi connectivity index (χ1) is 9.29. The second-order valence-electron chi connectivity index (χ2n) is 3.93. The highest BCUT2D eigenvalue weighted by Gasteiger charge is 2.22. The first-order valence-electron chi connectivity index (χ1n) is 5.32. The van der Waals surface area contributed by atoms with Gasteiger partial charge < -0.3 is 5.73 Å². The Kier molecular flexibility index (Phi) is 4.49. The van der Waals surface area contributed by atoms with E-state index >= 15 is 0 Å². The second-order valence-corrected chi connectivity index (χ2v) is 7.28. The summed E-state index contributed by atoms with van der Waals surface area (Å²) < 4.78 is 27.6. The van der Waals surface area contributed by atoms with Crippen molar-refractivity contribution < 1.29 is 8.42 Å². The fourth-order valence-corrected chi connectivity index (χ4v) is 4.58. The molecule has 0 aliphatic heterocycles. The standard InChI is InChI=1S/C12H9BrCl2N2O2S/c13-7-4-10(14)12(11(15)5-7)20(18,19)17-9-3-1-2-8(16)6-9/h1-6,17H,16H2. The molecule has 0 spiro atoms. The Morgan fingerprint density at radius 3 is 2.25 bits per heavy atom. The minimum atomic E-state index is -3.90. The molecule has 3 N–H and O–H groups in total. The quantitative estimate of drug-likeness (QED) is 0.767. The molecule has 0 saturated heterocycles. The number of nitrogen functional groups attached to an aromatic ring is 1. The molecule has 4 nitrogen and oxygen atoms in total. The van der Waals surface area contributed by atoms with Crippen LogP contribution in [0, 0.1) is 0 Å². The van der Waals surface area contributed by atoms with Crippen LogP contribution in [0.1, 0.15) is 0 Å². The zero-order valence-electron chi connectivity index (χ0n) is 9.90. The van der Waals surface area contributed by atoms with Crippen molar-refractivity contribution in [2.24, 2.45) is 0 Å². The van der Waals surface area contributed by atoms with Crippen LogP contribution in [-0.2, 0) is 10.0 Å². The number of hydrogen-bond acceptors (Lipinski definition) is 3. The third kappa shape index (κ3) is 3.38. The minimum absolute atomic E-state index is 0.0285. The van der Waals surface area contributed by atoms with Gasteiger partial charge in [-0.1, -0.05) is 45.2 Å². The highest BCUT2D eigenvalue weighted by molar-refractivity contribution is 9.10. The summed E-state index contributed by atoms with van der Waals surface area (Å²) in [6.45, 7) is 0. The van der Waals surface area contributed by atoms with E-state index in [1.807, 2.05) is 0 Å². The third-order valence-corrected chi connectivity index (χ3v) is 5.13. The fourth-order valence-electron chi connectivity index (χ4n) is 1.59. The SMILES string of the molecule is Nc1cccc(NS(=O)(=O)c2c(Cl)cc(Br)cc2Cl)c1. The largest absolute Gasteiger partial charge is 0.399 e. The van der Waals surface area contributed by atoms with Gasteiger partial charge in [0.2, 0.25) is 0 Å². The van der Waals surface area contributed by atoms with E-state index < -0.39 is 10.0 Å². The van der Waals surface area contributed by atoms with Crippen LogP contribution in [0.15, 0.2) is 45.8 Å². The monoisotopic (exact) mass is 394 g/mol. The molecule has 0 aromatic heterocycles. The number of nitrogens with two attached hydrogens (primary N) is 1. The van der Waals surface area contributed by atoms with Crippen LogP contribution in [-0.4, -0.2) is 8.42 Å². The predicted molar refractivity (Wildman–Crippen MR) is 85.8 cm³/mol. The van der Waals surface area contributed by atoms with Gasteiger partial charge in [0.1, 0.15) is 4.90 Å². The molecule has 0 amide bonds. The van der Waals surface area contributed by atoms with Crippen LogP contribution in [0.25, 0.3) is 0 Å². The first kappa shape index (κ1) is 15.4. The number of halogens is 3. The summed E-state index contributed by atoms with van der Waals surface area (Å²) in [6, 6.07) is 9.28. The van der Waals surface area contributed by atoms with Gasteiger partial charge in [-0.05, 0) is 30.3 Å². The smallest absolute Gasteiger partial charge is 0.264 e. The summed E-state index contributed by atoms with van der Waals surface area (Å²) in [7, 11) is -3.90. The summed E-state index contributed by atoms with van der Waals surface area (Å²) in [5.41, 5.74) is 6.38. The number of anilines is 2. The molecule has 106 valence electrons. The van der Waals surface area contributed by atoms with Crippen LogP contribution in [0.5, 0.6) is 0 Å². The van der Waals surface area contributed by atoms with Crippen molar-refractivity contribution in [2.75, 3.05) is 10.5 Å². The summed E-state index contributed by atoms with van der Waals surface area (Å²) >= 11 is 15.1. The molecule has 8 heteroatoms. The Morgan fingerprint density at radius 2 is 1.70 bits per heavy atom. The normalized spacial score (nSPS) is 11.3. The fraction of sp³-hybridized carbons (Fsp3) is 0. The molecule has 0 aliphatic rings. The van der Waals surface area contributed by atoms with Crippen molar-refractivity contribution in [3.8, 4) is 0 Å². The maximum Gasteiger partial charge on any atom is 0.264 e. The first-order valence-corrected chi connectivity index (χ1v) is 8.36. The number of nitrogens with one attached hydrogen (secondary N) is 1. The molecule has 0 fully saturated rings. The van der Waals surface area contributed by atoms with E-state index in [9.17, 15) is 8.42 Å². The Bertz CT molecular complexity index is 743. The lowest BCUT2D eigenvalue weighted by Crippen LogP contribution is -2.14. The lowest BCUT2D eigenvalue weighted by Gasteiger charge is -2.11. The molecule has 2 aromatic rings. The molecule has 0 bridgehead atoms. The Balaban J connectivity index is 2.46. The van der Waals surface area contributed by atoms with Crippen LogP contribution in [0.2, 0.25) is 10.0 Å². The van der Waals surface area contributed by atoms with E-state index in [-0.39, 0.29) is 14.9 Å². The van der Waals surface area contributed by atoms with Crippen molar-refractivity contribution in [2.45, 2.75) is 4.90 Å². The summed E-state index contributed by atoms with van der Waals surface area (Å²) in [5.74, 6) is 0. The van der Waals surface area contributed by atoms with Gasteiger partial charge in [-0.2, -0.15) is 0 Å². The highest BCUT2D eigenvalue weighted by Crippen LogP contribution is 2.34. The maximum absolute atomic E-state index is 12.3. The van der Waals surface area contributed by atoms with E-state index in [0.717, 1.165) is 0 Å². The summed E-state index contributed by atoms with van der Waals surface area (Å²) in [5, 5.41) is 0.0570. The molecule has 0 radical (unpaired) electrons. The molecule has 2 rings (SSSR count). The summed E-state index contributed by atoms with van der Waals surface area (Å²) in [4.78, 5) is -0.175. The van der Waals surface area contributed by atoms with E-state index in [1.165, 1.54) is 18.2 Å². The number of rotatable bonds is 3. The van der Waals surface area contributed by atoms with Crippen molar-refractivity contribution >= 4 is 60.5 Å². The van der Waals surface area contributed by atoms with Crippen molar-refractivity contribution in [1.82, 2.24) is 0 Å². The molecule has 0 aliphatic carbocycles. The molecule has 2 aromatic carbocycles. The summed E-state index contributed by atoms with van der Waals surface area (Å²) in [6.07, 6.45) is 0. The number of benzene rings is 2. The number of sulfonamides is 1. The van der Waals surface area contributed by atoms with Gasteiger partial charge in [0.15, 0.2) is 0 Å². The Morgan fingerprint density at radius 1 is 1.10 bits per heavy atom. The van der Waals surface area contributed by atoms with E-state index in [0.29, 0.717) is 15.8 Å². The minimum Gasteiger partial charge on any atom is -0.399 e. The van der Waals surface area contributed by atoms with Crippen molar-refractivity contribution in [3.05, 3.63) is 50.9 Å². The zero-order chi connectivity index (χ0) is 14.9. The van der Waals surface area contributed by atoms with Crippen molar-refractivity contribution in [1.29, 1.82) is 0 Å². The van der Waals surface area contributed by atoms with Crippen LogP contribution in [0.4, 0.5) is 11.4 Å². The van der Waals surface area contributed by atoms with Crippen LogP contribution < -0.4 is 10.5 Å². The molecular formula is C12H9BrCl2N2O2S. The molecule has 0 atom stereocenters. The zero-order valence-corrected chi connectivity index (χ0v) is 13.8.